The van der Waals surface area contributed by atoms with Gasteiger partial charge in [0, 0.05) is 13.0 Å². The van der Waals surface area contributed by atoms with Gasteiger partial charge in [-0.15, -0.1) is 0 Å². The quantitative estimate of drug-likeness (QED) is 0.621. The number of fused-ring (bicyclic) bond motifs is 1. The fourth-order valence-corrected chi connectivity index (χ4v) is 4.65. The van der Waals surface area contributed by atoms with Crippen molar-refractivity contribution >= 4 is 0 Å². The van der Waals surface area contributed by atoms with Crippen molar-refractivity contribution in [1.82, 2.24) is 0 Å². The summed E-state index contributed by atoms with van der Waals surface area (Å²) < 4.78 is 61.8. The number of aliphatic hydroxyl groups excluding tert-OH is 1. The lowest BCUT2D eigenvalue weighted by molar-refractivity contribution is -0.182. The normalized spacial score (nSPS) is 32.3. The summed E-state index contributed by atoms with van der Waals surface area (Å²) in [6, 6.07) is 4.85. The molecule has 0 aromatic heterocycles. The molecule has 31 heavy (non-hydrogen) atoms. The molecule has 5 nitrogen and oxygen atoms in total. The van der Waals surface area contributed by atoms with Crippen molar-refractivity contribution in [1.29, 1.82) is 0 Å². The number of ether oxygens (including phenoxy) is 4. The molecular formula is C23H29F3O5. The monoisotopic (exact) mass is 442 g/mol. The van der Waals surface area contributed by atoms with Crippen molar-refractivity contribution < 1.29 is 37.2 Å². The van der Waals surface area contributed by atoms with Crippen LogP contribution in [0.1, 0.15) is 44.1 Å². The van der Waals surface area contributed by atoms with Crippen molar-refractivity contribution in [3.8, 4) is 5.75 Å². The van der Waals surface area contributed by atoms with Gasteiger partial charge in [0.05, 0.1) is 11.7 Å². The van der Waals surface area contributed by atoms with E-state index in [1.807, 2.05) is 6.08 Å². The molecule has 0 radical (unpaired) electrons. The second-order valence-electron chi connectivity index (χ2n) is 8.46. The average molecular weight is 442 g/mol. The fraction of sp³-hybridized carbons (Fsp3) is 0.652. The van der Waals surface area contributed by atoms with Crippen molar-refractivity contribution in [2.75, 3.05) is 13.2 Å². The van der Waals surface area contributed by atoms with Gasteiger partial charge in [0.25, 0.3) is 0 Å². The molecule has 1 unspecified atom stereocenters. The molecule has 2 aliphatic heterocycles. The highest BCUT2D eigenvalue weighted by atomic mass is 19.4. The molecule has 1 aromatic carbocycles. The van der Waals surface area contributed by atoms with E-state index < -0.39 is 24.1 Å². The number of allylic oxidation sites excluding steroid dienone is 1. The first-order chi connectivity index (χ1) is 14.9. The van der Waals surface area contributed by atoms with Gasteiger partial charge >= 0.3 is 6.18 Å². The number of benzene rings is 1. The molecule has 3 aliphatic rings. The molecule has 0 amide bonds. The van der Waals surface area contributed by atoms with Crippen LogP contribution in [-0.4, -0.2) is 43.1 Å². The first kappa shape index (κ1) is 22.6. The van der Waals surface area contributed by atoms with Gasteiger partial charge in [-0.05, 0) is 62.1 Å². The van der Waals surface area contributed by atoms with Crippen molar-refractivity contribution in [3.05, 3.63) is 42.0 Å². The molecule has 1 aromatic rings. The third-order valence-electron chi connectivity index (χ3n) is 6.23. The Morgan fingerprint density at radius 2 is 2.06 bits per heavy atom. The Morgan fingerprint density at radius 3 is 2.84 bits per heavy atom. The van der Waals surface area contributed by atoms with Crippen LogP contribution < -0.4 is 4.74 Å². The van der Waals surface area contributed by atoms with E-state index in [-0.39, 0.29) is 36.6 Å². The lowest BCUT2D eigenvalue weighted by Gasteiger charge is -2.27. The van der Waals surface area contributed by atoms with Gasteiger partial charge in [-0.3, -0.25) is 0 Å². The van der Waals surface area contributed by atoms with E-state index >= 15 is 0 Å². The minimum absolute atomic E-state index is 0.0810. The number of alkyl halides is 3. The Labute approximate surface area is 180 Å². The van der Waals surface area contributed by atoms with Gasteiger partial charge in [0.1, 0.15) is 18.5 Å². The van der Waals surface area contributed by atoms with Gasteiger partial charge in [0.15, 0.2) is 12.6 Å². The Morgan fingerprint density at radius 1 is 1.19 bits per heavy atom. The van der Waals surface area contributed by atoms with Gasteiger partial charge in [0.2, 0.25) is 0 Å². The van der Waals surface area contributed by atoms with Crippen LogP contribution in [0.15, 0.2) is 36.4 Å². The zero-order valence-corrected chi connectivity index (χ0v) is 17.3. The molecule has 3 fully saturated rings. The number of halogens is 3. The largest absolute Gasteiger partial charge is 0.491 e. The first-order valence-electron chi connectivity index (χ1n) is 11.0. The third kappa shape index (κ3) is 6.00. The van der Waals surface area contributed by atoms with E-state index in [2.05, 4.69) is 6.08 Å². The molecule has 0 spiro atoms. The molecular weight excluding hydrogens is 413 g/mol. The van der Waals surface area contributed by atoms with E-state index in [0.717, 1.165) is 44.2 Å². The molecule has 6 atom stereocenters. The number of rotatable bonds is 7. The van der Waals surface area contributed by atoms with Gasteiger partial charge in [-0.1, -0.05) is 18.2 Å². The molecule has 2 heterocycles. The molecule has 0 bridgehead atoms. The highest BCUT2D eigenvalue weighted by Gasteiger charge is 2.42. The number of hydrogen-bond acceptors (Lipinski definition) is 5. The van der Waals surface area contributed by atoms with Crippen molar-refractivity contribution in [3.63, 3.8) is 0 Å². The Kier molecular flexibility index (Phi) is 7.21. The van der Waals surface area contributed by atoms with Crippen LogP contribution in [-0.2, 0) is 20.4 Å². The summed E-state index contributed by atoms with van der Waals surface area (Å²) in [5, 5.41) is 9.75. The Hall–Kier alpha value is -1.61. The summed E-state index contributed by atoms with van der Waals surface area (Å²) in [5.74, 6) is 0.700. The van der Waals surface area contributed by atoms with Gasteiger partial charge in [-0.2, -0.15) is 13.2 Å². The van der Waals surface area contributed by atoms with Crippen LogP contribution >= 0.6 is 0 Å². The second kappa shape index (κ2) is 9.90. The lowest BCUT2D eigenvalue weighted by Crippen LogP contribution is -2.30. The van der Waals surface area contributed by atoms with E-state index in [9.17, 15) is 18.3 Å². The van der Waals surface area contributed by atoms with E-state index in [4.69, 9.17) is 18.9 Å². The second-order valence-corrected chi connectivity index (χ2v) is 8.46. The SMILES string of the molecule is O[C@@H]1C[C@H]2[C@H](CC[C@@H]2/C=C/[C@H](COc2cccc(C(F)(F)F)c2)OC2CCCCO2)O1. The number of hydrogen-bond donors (Lipinski definition) is 1. The summed E-state index contributed by atoms with van der Waals surface area (Å²) >= 11 is 0. The smallest absolute Gasteiger partial charge is 0.416 e. The van der Waals surface area contributed by atoms with Crippen LogP contribution in [0.2, 0.25) is 0 Å². The highest BCUT2D eigenvalue weighted by molar-refractivity contribution is 5.30. The molecule has 2 saturated heterocycles. The maximum Gasteiger partial charge on any atom is 0.416 e. The average Bonchev–Trinajstić information content (AvgIpc) is 3.29. The first-order valence-corrected chi connectivity index (χ1v) is 11.0. The molecule has 1 N–H and O–H groups in total. The Balaban J connectivity index is 1.40. The summed E-state index contributed by atoms with van der Waals surface area (Å²) in [6.07, 6.45) is 3.46. The summed E-state index contributed by atoms with van der Waals surface area (Å²) in [6.45, 7) is 0.717. The minimum atomic E-state index is -4.42. The predicted octanol–water partition coefficient (Wildman–Crippen LogP) is 4.69. The standard InChI is InChI=1S/C23H29F3O5/c24-23(25,26)16-4-3-5-17(12-16)29-14-18(30-22-6-1-2-11-28-22)9-7-15-8-10-20-19(15)13-21(27)31-20/h3-5,7,9,12,15,18-22,27H,1-2,6,8,10-11,13-14H2/b9-7+/t15-,18+,19+,20-,21-,22?/m0/s1. The summed E-state index contributed by atoms with van der Waals surface area (Å²) in [5.41, 5.74) is -0.745. The van der Waals surface area contributed by atoms with E-state index in [1.54, 1.807) is 0 Å². The van der Waals surface area contributed by atoms with Crippen LogP contribution in [0, 0.1) is 11.8 Å². The summed E-state index contributed by atoms with van der Waals surface area (Å²) in [7, 11) is 0. The Bertz CT molecular complexity index is 747. The molecule has 172 valence electrons. The fourth-order valence-electron chi connectivity index (χ4n) is 4.65. The maximum absolute atomic E-state index is 13.0. The molecule has 1 saturated carbocycles. The predicted molar refractivity (Wildman–Crippen MR) is 106 cm³/mol. The van der Waals surface area contributed by atoms with Crippen LogP contribution in [0.5, 0.6) is 5.75 Å². The molecule has 4 rings (SSSR count). The zero-order valence-electron chi connectivity index (χ0n) is 17.3. The minimum Gasteiger partial charge on any atom is -0.491 e. The molecule has 1 aliphatic carbocycles. The zero-order chi connectivity index (χ0) is 21.8. The molecule has 8 heteroatoms. The summed E-state index contributed by atoms with van der Waals surface area (Å²) in [4.78, 5) is 0. The van der Waals surface area contributed by atoms with Crippen LogP contribution in [0.4, 0.5) is 13.2 Å². The van der Waals surface area contributed by atoms with Gasteiger partial charge < -0.3 is 24.1 Å². The third-order valence-corrected chi connectivity index (χ3v) is 6.23. The maximum atomic E-state index is 13.0. The van der Waals surface area contributed by atoms with E-state index in [1.165, 1.54) is 12.1 Å². The highest BCUT2D eigenvalue weighted by Crippen LogP contribution is 2.43. The van der Waals surface area contributed by atoms with Crippen LogP contribution in [0.25, 0.3) is 0 Å². The number of aliphatic hydroxyl groups is 1. The van der Waals surface area contributed by atoms with Crippen molar-refractivity contribution in [2.45, 2.75) is 69.5 Å². The lowest BCUT2D eigenvalue weighted by atomic mass is 9.92. The topological polar surface area (TPSA) is 57.2 Å². The van der Waals surface area contributed by atoms with Gasteiger partial charge in [-0.25, -0.2) is 0 Å². The van der Waals surface area contributed by atoms with Crippen molar-refractivity contribution in [2.24, 2.45) is 11.8 Å². The van der Waals surface area contributed by atoms with Crippen LogP contribution in [0.3, 0.4) is 0 Å². The van der Waals surface area contributed by atoms with E-state index in [0.29, 0.717) is 13.0 Å².